The molecular formula is C15H27N3O. The number of rotatable bonds is 9. The minimum Gasteiger partial charge on any atom is -0.368 e. The molecule has 0 aromatic heterocycles. The van der Waals surface area contributed by atoms with E-state index in [0.717, 1.165) is 37.9 Å². The van der Waals surface area contributed by atoms with Crippen molar-refractivity contribution in [3.05, 3.63) is 0 Å². The molecule has 4 nitrogen and oxygen atoms in total. The van der Waals surface area contributed by atoms with E-state index in [1.807, 2.05) is 0 Å². The summed E-state index contributed by atoms with van der Waals surface area (Å²) < 4.78 is 0. The number of nitrogens with zero attached hydrogens (tertiary/aromatic N) is 1. The van der Waals surface area contributed by atoms with Crippen LogP contribution in [0.4, 0.5) is 0 Å². The molecular weight excluding hydrogens is 238 g/mol. The van der Waals surface area contributed by atoms with Crippen molar-refractivity contribution < 1.29 is 4.79 Å². The van der Waals surface area contributed by atoms with Crippen LogP contribution in [-0.2, 0) is 4.79 Å². The fraction of sp³-hybridized carbons (Fsp3) is 0.933. The largest absolute Gasteiger partial charge is 0.368 e. The Labute approximate surface area is 116 Å². The predicted octanol–water partition coefficient (Wildman–Crippen LogP) is 1.10. The van der Waals surface area contributed by atoms with E-state index < -0.39 is 5.54 Å². The van der Waals surface area contributed by atoms with Gasteiger partial charge in [0, 0.05) is 19.1 Å². The fourth-order valence-corrected chi connectivity index (χ4v) is 3.32. The average molecular weight is 265 g/mol. The van der Waals surface area contributed by atoms with Gasteiger partial charge in [-0.3, -0.25) is 9.69 Å². The molecule has 3 fully saturated rings. The van der Waals surface area contributed by atoms with E-state index in [2.05, 4.69) is 17.1 Å². The lowest BCUT2D eigenvalue weighted by molar-refractivity contribution is -0.126. The van der Waals surface area contributed by atoms with Crippen LogP contribution in [0.25, 0.3) is 0 Å². The second-order valence-electron chi connectivity index (χ2n) is 6.74. The SMILES string of the molecule is CCNC(CN(CC1CC1)C1CC1)(C(N)=O)C1CC1. The number of amides is 1. The summed E-state index contributed by atoms with van der Waals surface area (Å²) in [5, 5.41) is 3.45. The number of hydrogen-bond acceptors (Lipinski definition) is 3. The summed E-state index contributed by atoms with van der Waals surface area (Å²) in [6.07, 6.45) is 7.65. The van der Waals surface area contributed by atoms with Gasteiger partial charge in [-0.2, -0.15) is 0 Å². The molecule has 0 saturated heterocycles. The monoisotopic (exact) mass is 265 g/mol. The number of hydrogen-bond donors (Lipinski definition) is 2. The molecule has 0 radical (unpaired) electrons. The Morgan fingerprint density at radius 2 is 1.95 bits per heavy atom. The maximum atomic E-state index is 12.1. The third-order valence-corrected chi connectivity index (χ3v) is 4.91. The van der Waals surface area contributed by atoms with Gasteiger partial charge in [0.05, 0.1) is 0 Å². The first kappa shape index (κ1) is 13.4. The minimum absolute atomic E-state index is 0.140. The molecule has 0 aromatic rings. The number of carbonyl (C=O) groups is 1. The normalized spacial score (nSPS) is 26.4. The van der Waals surface area contributed by atoms with E-state index in [1.54, 1.807) is 0 Å². The van der Waals surface area contributed by atoms with Crippen LogP contribution in [0, 0.1) is 11.8 Å². The highest BCUT2D eigenvalue weighted by Crippen LogP contribution is 2.42. The molecule has 3 aliphatic rings. The Bertz CT molecular complexity index is 347. The predicted molar refractivity (Wildman–Crippen MR) is 75.6 cm³/mol. The van der Waals surface area contributed by atoms with Gasteiger partial charge >= 0.3 is 0 Å². The van der Waals surface area contributed by atoms with Crippen molar-refractivity contribution in [2.75, 3.05) is 19.6 Å². The molecule has 3 aliphatic carbocycles. The summed E-state index contributed by atoms with van der Waals surface area (Å²) in [5.41, 5.74) is 5.32. The van der Waals surface area contributed by atoms with Crippen LogP contribution in [0.2, 0.25) is 0 Å². The Kier molecular flexibility index (Phi) is 3.56. The summed E-state index contributed by atoms with van der Waals surface area (Å²) in [6, 6.07) is 0.719. The highest BCUT2D eigenvalue weighted by atomic mass is 16.1. The van der Waals surface area contributed by atoms with Gasteiger partial charge in [-0.1, -0.05) is 6.92 Å². The van der Waals surface area contributed by atoms with E-state index in [-0.39, 0.29) is 5.91 Å². The molecule has 4 heteroatoms. The van der Waals surface area contributed by atoms with Crippen LogP contribution >= 0.6 is 0 Å². The van der Waals surface area contributed by atoms with Crippen molar-refractivity contribution in [3.8, 4) is 0 Å². The maximum absolute atomic E-state index is 12.1. The van der Waals surface area contributed by atoms with Crippen molar-refractivity contribution in [1.29, 1.82) is 0 Å². The summed E-state index contributed by atoms with van der Waals surface area (Å²) in [7, 11) is 0. The van der Waals surface area contributed by atoms with Crippen molar-refractivity contribution in [1.82, 2.24) is 10.2 Å². The molecule has 0 spiro atoms. The van der Waals surface area contributed by atoms with Gasteiger partial charge in [-0.05, 0) is 56.9 Å². The highest BCUT2D eigenvalue weighted by molar-refractivity contribution is 5.86. The van der Waals surface area contributed by atoms with Gasteiger partial charge in [0.25, 0.3) is 0 Å². The molecule has 108 valence electrons. The lowest BCUT2D eigenvalue weighted by Gasteiger charge is -2.37. The molecule has 0 aromatic carbocycles. The summed E-state index contributed by atoms with van der Waals surface area (Å²) >= 11 is 0. The van der Waals surface area contributed by atoms with Crippen LogP contribution in [0.5, 0.6) is 0 Å². The first-order valence-corrected chi connectivity index (χ1v) is 7.94. The van der Waals surface area contributed by atoms with Crippen molar-refractivity contribution in [2.45, 2.75) is 57.0 Å². The summed E-state index contributed by atoms with van der Waals surface area (Å²) in [4.78, 5) is 14.7. The quantitative estimate of drug-likeness (QED) is 0.656. The third-order valence-electron chi connectivity index (χ3n) is 4.91. The van der Waals surface area contributed by atoms with Gasteiger partial charge in [-0.15, -0.1) is 0 Å². The Balaban J connectivity index is 1.71. The minimum atomic E-state index is -0.466. The second kappa shape index (κ2) is 5.06. The lowest BCUT2D eigenvalue weighted by Crippen LogP contribution is -2.63. The van der Waals surface area contributed by atoms with Gasteiger partial charge in [0.2, 0.25) is 5.91 Å². The number of nitrogens with one attached hydrogen (secondary N) is 1. The van der Waals surface area contributed by atoms with E-state index in [0.29, 0.717) is 5.92 Å². The van der Waals surface area contributed by atoms with Gasteiger partial charge in [-0.25, -0.2) is 0 Å². The molecule has 1 atom stereocenters. The average Bonchev–Trinajstić information content (AvgIpc) is 3.24. The Morgan fingerprint density at radius 3 is 2.37 bits per heavy atom. The lowest BCUT2D eigenvalue weighted by atomic mass is 9.91. The van der Waals surface area contributed by atoms with Crippen LogP contribution < -0.4 is 11.1 Å². The fourth-order valence-electron chi connectivity index (χ4n) is 3.32. The Morgan fingerprint density at radius 1 is 1.26 bits per heavy atom. The van der Waals surface area contributed by atoms with E-state index in [4.69, 9.17) is 5.73 Å². The van der Waals surface area contributed by atoms with Gasteiger partial charge in [0.1, 0.15) is 5.54 Å². The van der Waals surface area contributed by atoms with Crippen LogP contribution in [-0.4, -0.2) is 42.0 Å². The van der Waals surface area contributed by atoms with Crippen molar-refractivity contribution >= 4 is 5.91 Å². The first-order valence-electron chi connectivity index (χ1n) is 7.94. The molecule has 0 heterocycles. The molecule has 0 aliphatic heterocycles. The summed E-state index contributed by atoms with van der Waals surface area (Å²) in [6.45, 7) is 4.91. The molecule has 3 N–H and O–H groups in total. The third kappa shape index (κ3) is 2.95. The number of nitrogens with two attached hydrogens (primary N) is 1. The zero-order chi connectivity index (χ0) is 13.5. The van der Waals surface area contributed by atoms with Crippen LogP contribution in [0.3, 0.4) is 0 Å². The number of carbonyl (C=O) groups excluding carboxylic acids is 1. The smallest absolute Gasteiger partial charge is 0.239 e. The molecule has 3 rings (SSSR count). The zero-order valence-electron chi connectivity index (χ0n) is 12.0. The first-order chi connectivity index (χ1) is 9.15. The zero-order valence-corrected chi connectivity index (χ0v) is 12.0. The van der Waals surface area contributed by atoms with Gasteiger partial charge < -0.3 is 11.1 Å². The highest BCUT2D eigenvalue weighted by Gasteiger charge is 2.51. The maximum Gasteiger partial charge on any atom is 0.239 e. The van der Waals surface area contributed by atoms with E-state index >= 15 is 0 Å². The number of likely N-dealkylation sites (N-methyl/N-ethyl adjacent to an activating group) is 1. The second-order valence-corrected chi connectivity index (χ2v) is 6.74. The number of primary amides is 1. The van der Waals surface area contributed by atoms with Crippen LogP contribution in [0.15, 0.2) is 0 Å². The molecule has 0 bridgehead atoms. The molecule has 1 unspecified atom stereocenters. The van der Waals surface area contributed by atoms with E-state index in [1.165, 1.54) is 32.2 Å². The van der Waals surface area contributed by atoms with Crippen molar-refractivity contribution in [3.63, 3.8) is 0 Å². The topological polar surface area (TPSA) is 58.4 Å². The molecule has 19 heavy (non-hydrogen) atoms. The Hall–Kier alpha value is -0.610. The van der Waals surface area contributed by atoms with Gasteiger partial charge in [0.15, 0.2) is 0 Å². The van der Waals surface area contributed by atoms with Crippen molar-refractivity contribution in [2.24, 2.45) is 17.6 Å². The molecule has 3 saturated carbocycles. The molecule has 1 amide bonds. The standard InChI is InChI=1S/C15H27N3O/c1-2-17-15(14(16)19,12-5-6-12)10-18(13-7-8-13)9-11-3-4-11/h11-13,17H,2-10H2,1H3,(H2,16,19). The van der Waals surface area contributed by atoms with Crippen LogP contribution in [0.1, 0.15) is 45.4 Å². The van der Waals surface area contributed by atoms with E-state index in [9.17, 15) is 4.79 Å². The summed E-state index contributed by atoms with van der Waals surface area (Å²) in [5.74, 6) is 1.20.